The lowest BCUT2D eigenvalue weighted by atomic mass is 10.1. The first kappa shape index (κ1) is 12.2. The van der Waals surface area contributed by atoms with E-state index in [4.69, 9.17) is 10.1 Å². The van der Waals surface area contributed by atoms with Gasteiger partial charge < -0.3 is 10.2 Å². The van der Waals surface area contributed by atoms with Crippen molar-refractivity contribution in [1.29, 1.82) is 5.26 Å². The maximum absolute atomic E-state index is 11.6. The molecule has 0 aromatic carbocycles. The molecule has 2 amide bonds. The summed E-state index contributed by atoms with van der Waals surface area (Å²) in [4.78, 5) is 16.8. The Hall–Kier alpha value is -1.90. The molecule has 0 fully saturated rings. The van der Waals surface area contributed by atoms with Gasteiger partial charge in [-0.3, -0.25) is 5.43 Å². The Bertz CT molecular complexity index is 338. The van der Waals surface area contributed by atoms with Crippen molar-refractivity contribution in [3.05, 3.63) is 12.0 Å². The van der Waals surface area contributed by atoms with Crippen molar-refractivity contribution >= 4 is 6.03 Å². The van der Waals surface area contributed by atoms with E-state index >= 15 is 0 Å². The van der Waals surface area contributed by atoms with Crippen LogP contribution in [0.25, 0.3) is 0 Å². The fourth-order valence-electron chi connectivity index (χ4n) is 1.07. The largest absolute Gasteiger partial charge is 0.371 e. The lowest BCUT2D eigenvalue weighted by Gasteiger charge is -2.24. The van der Waals surface area contributed by atoms with Crippen LogP contribution in [0.3, 0.4) is 0 Å². The van der Waals surface area contributed by atoms with E-state index in [1.54, 1.807) is 6.20 Å². The number of nitriles is 1. The molecular weight excluding hydrogens is 208 g/mol. The molecular formula is C10H16N4O2. The average molecular weight is 224 g/mol. The van der Waals surface area contributed by atoms with Crippen LogP contribution in [-0.2, 0) is 4.84 Å². The molecule has 0 atom stereocenters. The summed E-state index contributed by atoms with van der Waals surface area (Å²) in [5.41, 5.74) is 2.34. The van der Waals surface area contributed by atoms with Crippen LogP contribution in [0.1, 0.15) is 33.6 Å². The number of hydrazine groups is 1. The lowest BCUT2D eigenvalue weighted by molar-refractivity contribution is -0.0830. The lowest BCUT2D eigenvalue weighted by Crippen LogP contribution is -2.50. The summed E-state index contributed by atoms with van der Waals surface area (Å²) in [5, 5.41) is 12.2. The van der Waals surface area contributed by atoms with Gasteiger partial charge in [-0.2, -0.15) is 5.26 Å². The number of carbonyl (C=O) groups excluding carboxylic acids is 1. The van der Waals surface area contributed by atoms with Gasteiger partial charge in [0.2, 0.25) is 0 Å². The Morgan fingerprint density at radius 2 is 2.38 bits per heavy atom. The third kappa shape index (κ3) is 3.69. The highest BCUT2D eigenvalue weighted by Gasteiger charge is 2.24. The molecule has 0 saturated heterocycles. The molecule has 0 aliphatic carbocycles. The van der Waals surface area contributed by atoms with E-state index in [0.717, 1.165) is 5.17 Å². The second-order valence-electron chi connectivity index (χ2n) is 4.46. The fraction of sp³-hybridized carbons (Fsp3) is 0.600. The monoisotopic (exact) mass is 224 g/mol. The highest BCUT2D eigenvalue weighted by molar-refractivity contribution is 5.73. The van der Waals surface area contributed by atoms with Crippen LogP contribution in [0.5, 0.6) is 0 Å². The number of allylic oxidation sites excluding steroid dienone is 1. The first-order valence-electron chi connectivity index (χ1n) is 5.05. The number of hydrogen-bond acceptors (Lipinski definition) is 4. The summed E-state index contributed by atoms with van der Waals surface area (Å²) in [5.74, 6) is 0.575. The van der Waals surface area contributed by atoms with Gasteiger partial charge >= 0.3 is 6.03 Å². The van der Waals surface area contributed by atoms with E-state index < -0.39 is 0 Å². The minimum Gasteiger partial charge on any atom is -0.357 e. The molecule has 0 saturated carbocycles. The molecule has 1 aliphatic heterocycles. The van der Waals surface area contributed by atoms with Crippen molar-refractivity contribution in [2.45, 2.75) is 39.2 Å². The second-order valence-corrected chi connectivity index (χ2v) is 4.46. The number of carbonyl (C=O) groups is 1. The van der Waals surface area contributed by atoms with Crippen LogP contribution in [0.4, 0.5) is 4.79 Å². The van der Waals surface area contributed by atoms with Crippen molar-refractivity contribution < 1.29 is 9.63 Å². The van der Waals surface area contributed by atoms with Gasteiger partial charge in [-0.05, 0) is 20.8 Å². The minimum atomic E-state index is -0.365. The maximum Gasteiger partial charge on any atom is 0.371 e. The van der Waals surface area contributed by atoms with Crippen LogP contribution in [0, 0.1) is 11.3 Å². The Morgan fingerprint density at radius 3 is 2.94 bits per heavy atom. The second kappa shape index (κ2) is 4.75. The molecule has 16 heavy (non-hydrogen) atoms. The van der Waals surface area contributed by atoms with Gasteiger partial charge in [0.25, 0.3) is 0 Å². The Balaban J connectivity index is 2.39. The molecule has 0 unspecified atom stereocenters. The normalized spacial score (nSPS) is 14.6. The zero-order valence-electron chi connectivity index (χ0n) is 9.70. The predicted molar refractivity (Wildman–Crippen MR) is 57.3 cm³/mol. The third-order valence-corrected chi connectivity index (χ3v) is 1.70. The van der Waals surface area contributed by atoms with Crippen LogP contribution < -0.4 is 10.7 Å². The Morgan fingerprint density at radius 1 is 1.69 bits per heavy atom. The van der Waals surface area contributed by atoms with E-state index in [1.165, 1.54) is 0 Å². The van der Waals surface area contributed by atoms with Crippen LogP contribution >= 0.6 is 0 Å². The fourth-order valence-corrected chi connectivity index (χ4v) is 1.07. The summed E-state index contributed by atoms with van der Waals surface area (Å²) >= 11 is 0. The van der Waals surface area contributed by atoms with Crippen molar-refractivity contribution in [3.8, 4) is 6.07 Å². The molecule has 6 nitrogen and oxygen atoms in total. The summed E-state index contributed by atoms with van der Waals surface area (Å²) in [7, 11) is 0. The first-order valence-corrected chi connectivity index (χ1v) is 5.05. The van der Waals surface area contributed by atoms with Gasteiger partial charge in [0, 0.05) is 18.4 Å². The molecule has 1 rings (SSSR count). The number of rotatable bonds is 2. The molecule has 0 aromatic heterocycles. The average Bonchev–Trinajstić information content (AvgIpc) is 2.60. The molecule has 88 valence electrons. The summed E-state index contributed by atoms with van der Waals surface area (Å²) in [6.45, 7) is 5.64. The minimum absolute atomic E-state index is 0.322. The van der Waals surface area contributed by atoms with E-state index in [1.807, 2.05) is 26.8 Å². The van der Waals surface area contributed by atoms with E-state index in [0.29, 0.717) is 18.6 Å². The molecule has 0 radical (unpaired) electrons. The smallest absolute Gasteiger partial charge is 0.357 e. The molecule has 2 N–H and O–H groups in total. The predicted octanol–water partition coefficient (Wildman–Crippen LogP) is 1.39. The van der Waals surface area contributed by atoms with Crippen LogP contribution in [0.2, 0.25) is 0 Å². The quantitative estimate of drug-likeness (QED) is 0.743. The van der Waals surface area contributed by atoms with Crippen molar-refractivity contribution in [1.82, 2.24) is 15.9 Å². The van der Waals surface area contributed by atoms with Gasteiger partial charge in [0.05, 0.1) is 12.3 Å². The molecule has 0 bridgehead atoms. The van der Waals surface area contributed by atoms with E-state index in [-0.39, 0.29) is 11.6 Å². The van der Waals surface area contributed by atoms with Crippen LogP contribution in [-0.4, -0.2) is 16.7 Å². The third-order valence-electron chi connectivity index (χ3n) is 1.70. The first-order chi connectivity index (χ1) is 7.42. The number of nitrogens with one attached hydrogen (secondary N) is 2. The summed E-state index contributed by atoms with van der Waals surface area (Å²) in [6, 6.07) is 1.64. The van der Waals surface area contributed by atoms with Crippen molar-refractivity contribution in [3.63, 3.8) is 0 Å². The summed E-state index contributed by atoms with van der Waals surface area (Å²) < 4.78 is 0. The van der Waals surface area contributed by atoms with Crippen molar-refractivity contribution in [2.24, 2.45) is 0 Å². The molecule has 6 heteroatoms. The summed E-state index contributed by atoms with van der Waals surface area (Å²) in [6.07, 6.45) is 2.42. The highest BCUT2D eigenvalue weighted by atomic mass is 16.7. The standard InChI is InChI=1S/C10H16N4O2/c1-10(2,3)13-9(15)14-12-7-8(16-14)5-4-6-11/h7,12H,4-5H2,1-3H3,(H,13,15). The molecule has 0 spiro atoms. The van der Waals surface area contributed by atoms with Crippen LogP contribution in [0.15, 0.2) is 12.0 Å². The number of nitrogens with zero attached hydrogens (tertiary/aromatic N) is 2. The van der Waals surface area contributed by atoms with Crippen molar-refractivity contribution in [2.75, 3.05) is 0 Å². The number of amides is 2. The highest BCUT2D eigenvalue weighted by Crippen LogP contribution is 2.13. The molecule has 1 heterocycles. The maximum atomic E-state index is 11.6. The SMILES string of the molecule is CC(C)(C)NC(=O)N1NC=C(CCC#N)O1. The van der Waals surface area contributed by atoms with Gasteiger partial charge in [-0.15, -0.1) is 0 Å². The molecule has 0 aromatic rings. The van der Waals surface area contributed by atoms with E-state index in [2.05, 4.69) is 10.7 Å². The zero-order valence-corrected chi connectivity index (χ0v) is 9.70. The Kier molecular flexibility index (Phi) is 3.61. The van der Waals surface area contributed by atoms with E-state index in [9.17, 15) is 4.79 Å². The zero-order chi connectivity index (χ0) is 12.2. The van der Waals surface area contributed by atoms with Gasteiger partial charge in [-0.25, -0.2) is 4.79 Å². The number of urea groups is 1. The van der Waals surface area contributed by atoms with Gasteiger partial charge in [0.1, 0.15) is 0 Å². The number of hydrogen-bond donors (Lipinski definition) is 2. The number of hydroxylamine groups is 1. The topological polar surface area (TPSA) is 77.4 Å². The van der Waals surface area contributed by atoms with Gasteiger partial charge in [0.15, 0.2) is 5.76 Å². The molecule has 1 aliphatic rings. The Labute approximate surface area is 94.8 Å². The van der Waals surface area contributed by atoms with Gasteiger partial charge in [-0.1, -0.05) is 5.17 Å².